The number of nitrogens with zero attached hydrogens (tertiary/aromatic N) is 3. The summed E-state index contributed by atoms with van der Waals surface area (Å²) in [5.41, 5.74) is 2.84. The first kappa shape index (κ1) is 15.1. The van der Waals surface area contributed by atoms with Crippen molar-refractivity contribution in [3.8, 4) is 0 Å². The fourth-order valence-electron chi connectivity index (χ4n) is 2.74. The minimum Gasteiger partial charge on any atom is -0.274 e. The number of carbonyl (C=O) groups excluding carboxylic acids is 2. The van der Waals surface area contributed by atoms with E-state index in [0.717, 1.165) is 21.9 Å². The normalized spacial score (nSPS) is 16.7. The van der Waals surface area contributed by atoms with Gasteiger partial charge in [-0.15, -0.1) is 0 Å². The van der Waals surface area contributed by atoms with Gasteiger partial charge in [-0.1, -0.05) is 12.1 Å². The first-order valence-electron chi connectivity index (χ1n) is 7.22. The molecule has 1 aliphatic heterocycles. The Morgan fingerprint density at radius 2 is 1.91 bits per heavy atom. The summed E-state index contributed by atoms with van der Waals surface area (Å²) >= 11 is 0. The van der Waals surface area contributed by atoms with Crippen LogP contribution in [-0.2, 0) is 16.6 Å². The number of hydrogen-bond acceptors (Lipinski definition) is 3. The number of halogens is 1. The molecule has 1 aliphatic rings. The Hall–Kier alpha value is -2.76. The van der Waals surface area contributed by atoms with Gasteiger partial charge in [0.1, 0.15) is 5.82 Å². The summed E-state index contributed by atoms with van der Waals surface area (Å²) in [7, 11) is 1.82. The lowest BCUT2D eigenvalue weighted by atomic mass is 10.1. The van der Waals surface area contributed by atoms with Crippen LogP contribution in [0.3, 0.4) is 0 Å². The smallest absolute Gasteiger partial charge is 0.261 e. The average molecular weight is 313 g/mol. The van der Waals surface area contributed by atoms with Crippen LogP contribution in [0.5, 0.6) is 0 Å². The molecule has 2 aromatic rings. The lowest BCUT2D eigenvalue weighted by Crippen LogP contribution is -2.29. The number of aryl methyl sites for hydroxylation is 2. The summed E-state index contributed by atoms with van der Waals surface area (Å²) in [5, 5.41) is 4.29. The second kappa shape index (κ2) is 5.46. The van der Waals surface area contributed by atoms with E-state index in [4.69, 9.17) is 0 Å². The van der Waals surface area contributed by atoms with Crippen molar-refractivity contribution in [3.05, 3.63) is 52.6 Å². The molecule has 1 saturated heterocycles. The summed E-state index contributed by atoms with van der Waals surface area (Å²) in [6.07, 6.45) is 1.64. The number of amides is 2. The van der Waals surface area contributed by atoms with Crippen molar-refractivity contribution in [2.75, 3.05) is 4.90 Å². The van der Waals surface area contributed by atoms with Crippen molar-refractivity contribution in [2.24, 2.45) is 7.05 Å². The maximum Gasteiger partial charge on any atom is 0.261 e. The van der Waals surface area contributed by atoms with Gasteiger partial charge < -0.3 is 0 Å². The minimum absolute atomic E-state index is 0.00877. The molecule has 3 rings (SSSR count). The second-order valence-corrected chi connectivity index (χ2v) is 5.54. The van der Waals surface area contributed by atoms with E-state index in [2.05, 4.69) is 5.10 Å². The molecular weight excluding hydrogens is 297 g/mol. The van der Waals surface area contributed by atoms with Gasteiger partial charge in [0.25, 0.3) is 5.91 Å². The lowest BCUT2D eigenvalue weighted by Gasteiger charge is -2.13. The van der Waals surface area contributed by atoms with E-state index >= 15 is 0 Å². The standard InChI is InChI=1S/C17H16FN3O2/c1-10-13(11(2)20(3)19-10)8-12-9-16(22)21(17(12)23)15-7-5-4-6-14(15)18/h4-8H,9H2,1-3H3. The second-order valence-electron chi connectivity index (χ2n) is 5.54. The van der Waals surface area contributed by atoms with Crippen LogP contribution in [0.1, 0.15) is 23.4 Å². The van der Waals surface area contributed by atoms with Crippen molar-refractivity contribution in [1.82, 2.24) is 9.78 Å². The van der Waals surface area contributed by atoms with Gasteiger partial charge in [0.15, 0.2) is 0 Å². The number of hydrogen-bond donors (Lipinski definition) is 0. The molecule has 0 radical (unpaired) electrons. The third-order valence-corrected chi connectivity index (χ3v) is 4.05. The van der Waals surface area contributed by atoms with Crippen LogP contribution in [0.4, 0.5) is 10.1 Å². The summed E-state index contributed by atoms with van der Waals surface area (Å²) in [6, 6.07) is 5.76. The largest absolute Gasteiger partial charge is 0.274 e. The van der Waals surface area contributed by atoms with E-state index in [1.54, 1.807) is 16.8 Å². The van der Waals surface area contributed by atoms with Gasteiger partial charge in [-0.2, -0.15) is 5.10 Å². The molecule has 0 bridgehead atoms. The number of carbonyl (C=O) groups is 2. The van der Waals surface area contributed by atoms with Crippen molar-refractivity contribution in [3.63, 3.8) is 0 Å². The molecule has 0 aliphatic carbocycles. The highest BCUT2D eigenvalue weighted by Crippen LogP contribution is 2.30. The monoisotopic (exact) mass is 313 g/mol. The van der Waals surface area contributed by atoms with Crippen LogP contribution in [0.2, 0.25) is 0 Å². The van der Waals surface area contributed by atoms with Gasteiger partial charge >= 0.3 is 0 Å². The molecule has 5 nitrogen and oxygen atoms in total. The van der Waals surface area contributed by atoms with Crippen molar-refractivity contribution < 1.29 is 14.0 Å². The van der Waals surface area contributed by atoms with E-state index in [9.17, 15) is 14.0 Å². The van der Waals surface area contributed by atoms with Crippen LogP contribution in [-0.4, -0.2) is 21.6 Å². The Kier molecular flexibility index (Phi) is 3.60. The zero-order valence-corrected chi connectivity index (χ0v) is 13.1. The predicted molar refractivity (Wildman–Crippen MR) is 84.2 cm³/mol. The molecule has 1 aromatic heterocycles. The maximum absolute atomic E-state index is 13.9. The summed E-state index contributed by atoms with van der Waals surface area (Å²) < 4.78 is 15.6. The number of imide groups is 1. The minimum atomic E-state index is -0.593. The molecule has 0 atom stereocenters. The first-order chi connectivity index (χ1) is 10.9. The average Bonchev–Trinajstić information content (AvgIpc) is 2.91. The highest BCUT2D eigenvalue weighted by Gasteiger charge is 2.36. The van der Waals surface area contributed by atoms with Crippen molar-refractivity contribution >= 4 is 23.6 Å². The van der Waals surface area contributed by atoms with Crippen LogP contribution in [0, 0.1) is 19.7 Å². The van der Waals surface area contributed by atoms with Gasteiger partial charge in [-0.05, 0) is 32.1 Å². The Bertz CT molecular complexity index is 852. The highest BCUT2D eigenvalue weighted by molar-refractivity contribution is 6.29. The summed E-state index contributed by atoms with van der Waals surface area (Å²) in [5.74, 6) is -1.50. The van der Waals surface area contributed by atoms with Crippen LogP contribution < -0.4 is 4.90 Å². The fourth-order valence-corrected chi connectivity index (χ4v) is 2.74. The molecular formula is C17H16FN3O2. The predicted octanol–water partition coefficient (Wildman–Crippen LogP) is 2.52. The molecule has 6 heteroatoms. The van der Waals surface area contributed by atoms with E-state index in [0.29, 0.717) is 5.57 Å². The quantitative estimate of drug-likeness (QED) is 0.632. The van der Waals surface area contributed by atoms with Gasteiger partial charge in [-0.25, -0.2) is 9.29 Å². The Morgan fingerprint density at radius 1 is 1.22 bits per heavy atom. The lowest BCUT2D eigenvalue weighted by molar-refractivity contribution is -0.120. The van der Waals surface area contributed by atoms with E-state index in [-0.39, 0.29) is 12.1 Å². The number of benzene rings is 1. The zero-order chi connectivity index (χ0) is 16.7. The highest BCUT2D eigenvalue weighted by atomic mass is 19.1. The Balaban J connectivity index is 2.02. The number of anilines is 1. The maximum atomic E-state index is 13.9. The molecule has 0 saturated carbocycles. The SMILES string of the molecule is Cc1nn(C)c(C)c1C=C1CC(=O)N(c2ccccc2F)C1=O. The van der Waals surface area contributed by atoms with Crippen LogP contribution >= 0.6 is 0 Å². The first-order valence-corrected chi connectivity index (χ1v) is 7.22. The van der Waals surface area contributed by atoms with Crippen molar-refractivity contribution in [2.45, 2.75) is 20.3 Å². The van der Waals surface area contributed by atoms with Gasteiger partial charge in [0.2, 0.25) is 5.91 Å². The molecule has 23 heavy (non-hydrogen) atoms. The zero-order valence-electron chi connectivity index (χ0n) is 13.1. The van der Waals surface area contributed by atoms with E-state index in [1.807, 2.05) is 20.9 Å². The van der Waals surface area contributed by atoms with Crippen LogP contribution in [0.15, 0.2) is 29.8 Å². The molecule has 2 heterocycles. The van der Waals surface area contributed by atoms with Gasteiger partial charge in [0, 0.05) is 23.9 Å². The van der Waals surface area contributed by atoms with Crippen molar-refractivity contribution in [1.29, 1.82) is 0 Å². The fraction of sp³-hybridized carbons (Fsp3) is 0.235. The molecule has 0 N–H and O–H groups in total. The number of para-hydroxylation sites is 1. The Labute approximate surface area is 133 Å². The Morgan fingerprint density at radius 3 is 2.52 bits per heavy atom. The molecule has 2 amide bonds. The van der Waals surface area contributed by atoms with Gasteiger partial charge in [-0.3, -0.25) is 14.3 Å². The molecule has 0 unspecified atom stereocenters. The summed E-state index contributed by atoms with van der Waals surface area (Å²) in [6.45, 7) is 3.73. The molecule has 1 fully saturated rings. The third-order valence-electron chi connectivity index (χ3n) is 4.05. The van der Waals surface area contributed by atoms with Gasteiger partial charge in [0.05, 0.1) is 17.8 Å². The number of aromatic nitrogens is 2. The molecule has 0 spiro atoms. The van der Waals surface area contributed by atoms with E-state index < -0.39 is 17.6 Å². The molecule has 1 aromatic carbocycles. The molecule has 118 valence electrons. The van der Waals surface area contributed by atoms with E-state index in [1.165, 1.54) is 18.2 Å². The topological polar surface area (TPSA) is 55.2 Å². The van der Waals surface area contributed by atoms with Crippen LogP contribution in [0.25, 0.3) is 6.08 Å². The number of rotatable bonds is 2. The third kappa shape index (κ3) is 2.46. The summed E-state index contributed by atoms with van der Waals surface area (Å²) in [4.78, 5) is 25.6.